The molecule has 0 aliphatic carbocycles. The zero-order chi connectivity index (χ0) is 24.6. The van der Waals surface area contributed by atoms with Crippen molar-refractivity contribution in [3.05, 3.63) is 87.2 Å². The number of benzene rings is 3. The smallest absolute Gasteiger partial charge is 0.300 e. The van der Waals surface area contributed by atoms with E-state index < -0.39 is 21.2 Å². The zero-order valence-corrected chi connectivity index (χ0v) is 17.1. The summed E-state index contributed by atoms with van der Waals surface area (Å²) < 4.78 is 1.41. The largest absolute Gasteiger partial charge is 0.504 e. The fourth-order valence-electron chi connectivity index (χ4n) is 3.42. The van der Waals surface area contributed by atoms with Crippen molar-refractivity contribution < 1.29 is 30.3 Å². The SMILES string of the molecule is O=[N+]([O-])c1ccc(-n2ccc3cc(O)c(O)cc32)c([N+](=O)[O-])c1.Oc1cc2cc[nH]c2cc1O. The number of aromatic amines is 1. The highest BCUT2D eigenvalue weighted by Gasteiger charge is 2.22. The van der Waals surface area contributed by atoms with E-state index >= 15 is 0 Å². The maximum atomic E-state index is 11.2. The number of nitrogens with zero attached hydrogens (tertiary/aromatic N) is 3. The molecule has 0 saturated carbocycles. The Morgan fingerprint density at radius 1 is 0.735 bits per heavy atom. The number of aromatic nitrogens is 2. The lowest BCUT2D eigenvalue weighted by atomic mass is 10.2. The lowest BCUT2D eigenvalue weighted by Gasteiger charge is -2.07. The number of phenols is 4. The van der Waals surface area contributed by atoms with E-state index in [2.05, 4.69) is 4.98 Å². The quantitative estimate of drug-likeness (QED) is 0.147. The molecule has 0 unspecified atom stereocenters. The molecule has 172 valence electrons. The van der Waals surface area contributed by atoms with Crippen LogP contribution in [0.1, 0.15) is 0 Å². The van der Waals surface area contributed by atoms with Crippen molar-refractivity contribution in [2.45, 2.75) is 0 Å². The molecule has 0 spiro atoms. The van der Waals surface area contributed by atoms with Crippen molar-refractivity contribution in [1.82, 2.24) is 9.55 Å². The lowest BCUT2D eigenvalue weighted by Crippen LogP contribution is -2.00. The van der Waals surface area contributed by atoms with Gasteiger partial charge in [0.15, 0.2) is 23.0 Å². The van der Waals surface area contributed by atoms with E-state index in [4.69, 9.17) is 10.2 Å². The number of rotatable bonds is 3. The summed E-state index contributed by atoms with van der Waals surface area (Å²) in [5, 5.41) is 60.7. The second kappa shape index (κ2) is 8.35. The fourth-order valence-corrected chi connectivity index (χ4v) is 3.42. The summed E-state index contributed by atoms with van der Waals surface area (Å²) in [6.45, 7) is 0. The molecule has 12 heteroatoms. The van der Waals surface area contributed by atoms with Gasteiger partial charge in [-0.05, 0) is 30.3 Å². The molecule has 5 aromatic rings. The van der Waals surface area contributed by atoms with Crippen LogP contribution in [0.5, 0.6) is 23.0 Å². The fraction of sp³-hybridized carbons (Fsp3) is 0. The van der Waals surface area contributed by atoms with E-state index in [9.17, 15) is 30.4 Å². The molecule has 0 bridgehead atoms. The van der Waals surface area contributed by atoms with Crippen molar-refractivity contribution in [3.63, 3.8) is 0 Å². The monoisotopic (exact) mass is 464 g/mol. The summed E-state index contributed by atoms with van der Waals surface area (Å²) >= 11 is 0. The Bertz CT molecular complexity index is 1530. The summed E-state index contributed by atoms with van der Waals surface area (Å²) in [6, 6.07) is 12.3. The second-order valence-corrected chi connectivity index (χ2v) is 7.18. The number of aromatic hydroxyl groups is 4. The van der Waals surface area contributed by atoms with E-state index in [0.717, 1.165) is 23.0 Å². The van der Waals surface area contributed by atoms with Crippen molar-refractivity contribution in [2.24, 2.45) is 0 Å². The summed E-state index contributed by atoms with van der Waals surface area (Å²) in [5.41, 5.74) is 0.514. The summed E-state index contributed by atoms with van der Waals surface area (Å²) in [6.07, 6.45) is 3.27. The number of non-ortho nitro benzene ring substituents is 1. The zero-order valence-electron chi connectivity index (χ0n) is 17.1. The number of nitrogens with one attached hydrogen (secondary N) is 1. The molecule has 0 radical (unpaired) electrons. The molecule has 0 saturated heterocycles. The minimum absolute atomic E-state index is 0.0860. The Balaban J connectivity index is 0.000000207. The van der Waals surface area contributed by atoms with Crippen LogP contribution in [-0.4, -0.2) is 39.8 Å². The summed E-state index contributed by atoms with van der Waals surface area (Å²) in [7, 11) is 0. The topological polar surface area (TPSA) is 188 Å². The van der Waals surface area contributed by atoms with Crippen LogP contribution < -0.4 is 0 Å². The van der Waals surface area contributed by atoms with Crippen LogP contribution in [0.25, 0.3) is 27.5 Å². The highest BCUT2D eigenvalue weighted by Crippen LogP contribution is 2.35. The first-order valence-corrected chi connectivity index (χ1v) is 9.61. The number of hydrogen-bond acceptors (Lipinski definition) is 8. The Morgan fingerprint density at radius 2 is 1.38 bits per heavy atom. The Morgan fingerprint density at radius 3 is 2.06 bits per heavy atom. The van der Waals surface area contributed by atoms with Gasteiger partial charge in [0.25, 0.3) is 11.4 Å². The molecule has 2 heterocycles. The van der Waals surface area contributed by atoms with Gasteiger partial charge in [-0.25, -0.2) is 0 Å². The van der Waals surface area contributed by atoms with Crippen molar-refractivity contribution in [3.8, 4) is 28.7 Å². The average molecular weight is 464 g/mol. The highest BCUT2D eigenvalue weighted by molar-refractivity contribution is 5.86. The van der Waals surface area contributed by atoms with Gasteiger partial charge in [0, 0.05) is 46.9 Å². The standard InChI is InChI=1S/C14H9N3O6.C8H7NO2/c18-13-5-8-3-4-15(11(8)7-14(13)19)10-2-1-9(16(20)21)6-12(10)17(22)23;10-7-3-5-1-2-9-6(5)4-8(7)11/h1-7,18-19H;1-4,9-11H. The minimum Gasteiger partial charge on any atom is -0.504 e. The van der Waals surface area contributed by atoms with Crippen LogP contribution in [-0.2, 0) is 0 Å². The average Bonchev–Trinajstić information content (AvgIpc) is 3.40. The van der Waals surface area contributed by atoms with Crippen LogP contribution >= 0.6 is 0 Å². The van der Waals surface area contributed by atoms with Crippen molar-refractivity contribution in [2.75, 3.05) is 0 Å². The lowest BCUT2D eigenvalue weighted by molar-refractivity contribution is -0.394. The van der Waals surface area contributed by atoms with Gasteiger partial charge in [0.1, 0.15) is 5.69 Å². The maximum absolute atomic E-state index is 11.2. The number of nitro benzene ring substituents is 2. The number of phenolic OH excluding ortho intramolecular Hbond substituents is 4. The van der Waals surface area contributed by atoms with Gasteiger partial charge >= 0.3 is 0 Å². The maximum Gasteiger partial charge on any atom is 0.300 e. The van der Waals surface area contributed by atoms with Gasteiger partial charge in [0.2, 0.25) is 0 Å². The molecule has 0 aliphatic heterocycles. The van der Waals surface area contributed by atoms with E-state index in [1.165, 1.54) is 41.1 Å². The summed E-state index contributed by atoms with van der Waals surface area (Å²) in [4.78, 5) is 23.5. The minimum atomic E-state index is -0.714. The highest BCUT2D eigenvalue weighted by atomic mass is 16.6. The number of fused-ring (bicyclic) bond motifs is 2. The predicted octanol–water partition coefficient (Wildman–Crippen LogP) is 4.44. The van der Waals surface area contributed by atoms with Crippen LogP contribution in [0, 0.1) is 20.2 Å². The Kier molecular flexibility index (Phi) is 5.39. The molecule has 5 rings (SSSR count). The van der Waals surface area contributed by atoms with Crippen molar-refractivity contribution in [1.29, 1.82) is 0 Å². The number of nitro groups is 2. The first kappa shape index (κ1) is 22.0. The molecule has 3 aromatic carbocycles. The van der Waals surface area contributed by atoms with Crippen LogP contribution in [0.3, 0.4) is 0 Å². The van der Waals surface area contributed by atoms with Gasteiger partial charge < -0.3 is 30.0 Å². The third kappa shape index (κ3) is 3.98. The molecular formula is C22H16N4O8. The first-order chi connectivity index (χ1) is 16.2. The van der Waals surface area contributed by atoms with Crippen LogP contribution in [0.15, 0.2) is 67.0 Å². The van der Waals surface area contributed by atoms with Gasteiger partial charge in [-0.3, -0.25) is 20.2 Å². The normalized spacial score (nSPS) is 10.7. The van der Waals surface area contributed by atoms with E-state index in [1.54, 1.807) is 12.3 Å². The first-order valence-electron chi connectivity index (χ1n) is 9.61. The van der Waals surface area contributed by atoms with E-state index in [1.807, 2.05) is 6.07 Å². The molecule has 12 nitrogen and oxygen atoms in total. The number of H-pyrrole nitrogens is 1. The predicted molar refractivity (Wildman–Crippen MR) is 122 cm³/mol. The molecule has 0 aliphatic rings. The third-order valence-corrected chi connectivity index (χ3v) is 5.06. The van der Waals surface area contributed by atoms with E-state index in [-0.39, 0.29) is 28.7 Å². The van der Waals surface area contributed by atoms with Gasteiger partial charge in [-0.2, -0.15) is 0 Å². The Hall–Kier alpha value is -5.26. The van der Waals surface area contributed by atoms with Gasteiger partial charge in [0.05, 0.1) is 21.4 Å². The third-order valence-electron chi connectivity index (χ3n) is 5.06. The molecule has 0 fully saturated rings. The molecule has 5 N–H and O–H groups in total. The number of hydrogen-bond donors (Lipinski definition) is 5. The Labute approximate surface area is 189 Å². The summed E-state index contributed by atoms with van der Waals surface area (Å²) in [5.74, 6) is -0.868. The van der Waals surface area contributed by atoms with Gasteiger partial charge in [-0.15, -0.1) is 0 Å². The molecule has 2 aromatic heterocycles. The molecule has 0 atom stereocenters. The second-order valence-electron chi connectivity index (χ2n) is 7.18. The molecule has 34 heavy (non-hydrogen) atoms. The van der Waals surface area contributed by atoms with Crippen molar-refractivity contribution >= 4 is 33.2 Å². The van der Waals surface area contributed by atoms with Crippen LogP contribution in [0.2, 0.25) is 0 Å². The van der Waals surface area contributed by atoms with Gasteiger partial charge in [-0.1, -0.05) is 0 Å². The molecular weight excluding hydrogens is 448 g/mol. The molecule has 0 amide bonds. The van der Waals surface area contributed by atoms with E-state index in [0.29, 0.717) is 10.9 Å². The van der Waals surface area contributed by atoms with Crippen LogP contribution in [0.4, 0.5) is 11.4 Å².